The fraction of sp³-hybridized carbons (Fsp3) is 0.267. The number of anilines is 1. The molecule has 0 aliphatic carbocycles. The highest BCUT2D eigenvalue weighted by Gasteiger charge is 2.36. The Labute approximate surface area is 235 Å². The van der Waals surface area contributed by atoms with Crippen molar-refractivity contribution in [3.63, 3.8) is 0 Å². The van der Waals surface area contributed by atoms with Crippen molar-refractivity contribution in [2.45, 2.75) is 12.3 Å². The Hall–Kier alpha value is -4.21. The first-order valence-electron chi connectivity index (χ1n) is 13.1. The summed E-state index contributed by atoms with van der Waals surface area (Å²) < 4.78 is 6.85. The number of fused-ring (bicyclic) bond motifs is 2. The first-order valence-corrected chi connectivity index (χ1v) is 13.5. The third kappa shape index (κ3) is 4.94. The van der Waals surface area contributed by atoms with Gasteiger partial charge in [-0.3, -0.25) is 19.1 Å². The highest BCUT2D eigenvalue weighted by molar-refractivity contribution is 6.31. The van der Waals surface area contributed by atoms with Crippen molar-refractivity contribution >= 4 is 51.6 Å². The minimum Gasteiger partial charge on any atom is -0.408 e. The molecule has 3 heterocycles. The van der Waals surface area contributed by atoms with Crippen LogP contribution in [0, 0.1) is 0 Å². The van der Waals surface area contributed by atoms with Crippen molar-refractivity contribution in [1.82, 2.24) is 14.4 Å². The van der Waals surface area contributed by atoms with Crippen LogP contribution in [0.15, 0.2) is 74.9 Å². The zero-order valence-corrected chi connectivity index (χ0v) is 22.9. The van der Waals surface area contributed by atoms with Crippen LogP contribution in [0.3, 0.4) is 0 Å². The second-order valence-electron chi connectivity index (χ2n) is 10.3. The lowest BCUT2D eigenvalue weighted by Gasteiger charge is -2.32. The van der Waals surface area contributed by atoms with E-state index in [9.17, 15) is 14.4 Å². The number of nitrogens with zero attached hydrogens (tertiary/aromatic N) is 4. The summed E-state index contributed by atoms with van der Waals surface area (Å²) in [5.41, 5.74) is 5.15. The highest BCUT2D eigenvalue weighted by Crippen LogP contribution is 2.38. The van der Waals surface area contributed by atoms with Crippen LogP contribution < -0.4 is 11.1 Å². The number of nitrogens with one attached hydrogen (secondary N) is 1. The maximum absolute atomic E-state index is 13.3. The smallest absolute Gasteiger partial charge is 0.408 e. The number of likely N-dealkylation sites (N-methyl/N-ethyl adjacent to an activating group) is 1. The van der Waals surface area contributed by atoms with Gasteiger partial charge in [0.05, 0.1) is 23.3 Å². The molecule has 2 aliphatic heterocycles. The molecule has 1 unspecified atom stereocenters. The van der Waals surface area contributed by atoms with Gasteiger partial charge in [0.25, 0.3) is 0 Å². The number of oxazole rings is 1. The number of piperazine rings is 1. The third-order valence-corrected chi connectivity index (χ3v) is 7.84. The Kier molecular flexibility index (Phi) is 6.77. The van der Waals surface area contributed by atoms with Gasteiger partial charge in [-0.15, -0.1) is 0 Å². The molecule has 1 saturated heterocycles. The average Bonchev–Trinajstić information content (AvgIpc) is 3.41. The molecule has 3 aromatic carbocycles. The maximum Gasteiger partial charge on any atom is 0.419 e. The normalized spacial score (nSPS) is 17.8. The Bertz CT molecular complexity index is 1710. The first-order chi connectivity index (χ1) is 19.3. The van der Waals surface area contributed by atoms with Gasteiger partial charge in [0.1, 0.15) is 5.92 Å². The first kappa shape index (κ1) is 26.0. The summed E-state index contributed by atoms with van der Waals surface area (Å²) in [6.07, 6.45) is 0.323. The van der Waals surface area contributed by atoms with Crippen molar-refractivity contribution in [3.05, 3.63) is 92.9 Å². The van der Waals surface area contributed by atoms with E-state index in [1.54, 1.807) is 31.3 Å². The number of hydrogen-bond donors (Lipinski definition) is 1. The molecule has 1 aromatic heterocycles. The molecule has 1 N–H and O–H groups in total. The molecule has 10 heteroatoms. The molecule has 9 nitrogen and oxygen atoms in total. The SMILES string of the molecule is CN1CCN(C(=O)Cc2ccc(N=C(c3ccc4c(c3)oc(=O)n4C)C3C(=O)Nc4cc(Cl)ccc43)cc2)CC1. The molecule has 2 aliphatic rings. The molecule has 204 valence electrons. The van der Waals surface area contributed by atoms with E-state index in [0.29, 0.717) is 45.2 Å². The van der Waals surface area contributed by atoms with Crippen LogP contribution >= 0.6 is 11.6 Å². The predicted octanol–water partition coefficient (Wildman–Crippen LogP) is 3.96. The van der Waals surface area contributed by atoms with E-state index in [-0.39, 0.29) is 11.8 Å². The van der Waals surface area contributed by atoms with Gasteiger partial charge >= 0.3 is 5.76 Å². The number of halogens is 1. The number of carbonyl (C=O) groups excluding carboxylic acids is 2. The van der Waals surface area contributed by atoms with Crippen molar-refractivity contribution < 1.29 is 14.0 Å². The maximum atomic E-state index is 13.3. The summed E-state index contributed by atoms with van der Waals surface area (Å²) >= 11 is 6.18. The number of aryl methyl sites for hydroxylation is 1. The topological polar surface area (TPSA) is 100 Å². The quantitative estimate of drug-likeness (QED) is 0.374. The standard InChI is InChI=1S/C30H28ClN5O4/c1-34-11-13-36(14-12-34)26(37)15-18-3-7-21(8-4-18)32-28(19-5-10-24-25(16-19)40-30(39)35(24)2)27-22-9-6-20(31)17-23(22)33-29(27)38/h3-10,16-17,27H,11-15H2,1-2H3,(H,33,38). The van der Waals surface area contributed by atoms with Crippen LogP contribution in [0.1, 0.15) is 22.6 Å². The molecular weight excluding hydrogens is 530 g/mol. The summed E-state index contributed by atoms with van der Waals surface area (Å²) in [5, 5.41) is 3.43. The van der Waals surface area contributed by atoms with Gasteiger partial charge in [-0.25, -0.2) is 4.79 Å². The fourth-order valence-electron chi connectivity index (χ4n) is 5.26. The molecule has 40 heavy (non-hydrogen) atoms. The molecule has 2 amide bonds. The molecule has 6 rings (SSSR count). The van der Waals surface area contributed by atoms with Crippen LogP contribution in [0.25, 0.3) is 11.1 Å². The molecule has 0 saturated carbocycles. The van der Waals surface area contributed by atoms with Crippen LogP contribution in [0.2, 0.25) is 5.02 Å². The van der Waals surface area contributed by atoms with Gasteiger partial charge in [0.2, 0.25) is 11.8 Å². The minimum absolute atomic E-state index is 0.112. The number of carbonyl (C=O) groups is 2. The molecular formula is C30H28ClN5O4. The second-order valence-corrected chi connectivity index (χ2v) is 10.7. The van der Waals surface area contributed by atoms with Crippen LogP contribution in [-0.2, 0) is 23.1 Å². The Balaban J connectivity index is 1.35. The number of aromatic nitrogens is 1. The molecule has 0 bridgehead atoms. The van der Waals surface area contributed by atoms with Gasteiger partial charge in [-0.1, -0.05) is 35.9 Å². The van der Waals surface area contributed by atoms with E-state index in [1.165, 1.54) is 4.57 Å². The molecule has 1 fully saturated rings. The summed E-state index contributed by atoms with van der Waals surface area (Å²) in [6.45, 7) is 3.24. The van der Waals surface area contributed by atoms with E-state index in [4.69, 9.17) is 21.0 Å². The fourth-order valence-corrected chi connectivity index (χ4v) is 5.44. The van der Waals surface area contributed by atoms with Crippen LogP contribution in [0.4, 0.5) is 11.4 Å². The van der Waals surface area contributed by atoms with Gasteiger partial charge in [-0.2, -0.15) is 0 Å². The van der Waals surface area contributed by atoms with Crippen molar-refractivity contribution in [2.75, 3.05) is 38.5 Å². The Morgan fingerprint density at radius 1 is 1.00 bits per heavy atom. The lowest BCUT2D eigenvalue weighted by atomic mass is 9.90. The number of hydrogen-bond acceptors (Lipinski definition) is 6. The molecule has 0 spiro atoms. The van der Waals surface area contributed by atoms with Crippen molar-refractivity contribution in [3.8, 4) is 0 Å². The zero-order chi connectivity index (χ0) is 28.0. The summed E-state index contributed by atoms with van der Waals surface area (Å²) in [5.74, 6) is -1.27. The predicted molar refractivity (Wildman–Crippen MR) is 155 cm³/mol. The largest absolute Gasteiger partial charge is 0.419 e. The van der Waals surface area contributed by atoms with Crippen LogP contribution in [0.5, 0.6) is 0 Å². The highest BCUT2D eigenvalue weighted by atomic mass is 35.5. The summed E-state index contributed by atoms with van der Waals surface area (Å²) in [7, 11) is 3.70. The average molecular weight is 558 g/mol. The van der Waals surface area contributed by atoms with Gasteiger partial charge in [-0.05, 0) is 54.6 Å². The van der Waals surface area contributed by atoms with E-state index >= 15 is 0 Å². The van der Waals surface area contributed by atoms with E-state index in [1.807, 2.05) is 41.3 Å². The van der Waals surface area contributed by atoms with Crippen LogP contribution in [-0.4, -0.2) is 65.1 Å². The Morgan fingerprint density at radius 3 is 2.50 bits per heavy atom. The lowest BCUT2D eigenvalue weighted by Crippen LogP contribution is -2.47. The summed E-state index contributed by atoms with van der Waals surface area (Å²) in [6, 6.07) is 18.1. The van der Waals surface area contributed by atoms with E-state index in [2.05, 4.69) is 17.3 Å². The van der Waals surface area contributed by atoms with Gasteiger partial charge in [0.15, 0.2) is 5.58 Å². The zero-order valence-electron chi connectivity index (χ0n) is 22.2. The molecule has 1 atom stereocenters. The monoisotopic (exact) mass is 557 g/mol. The van der Waals surface area contributed by atoms with Crippen molar-refractivity contribution in [1.29, 1.82) is 0 Å². The van der Waals surface area contributed by atoms with Crippen molar-refractivity contribution in [2.24, 2.45) is 12.0 Å². The van der Waals surface area contributed by atoms with Gasteiger partial charge < -0.3 is 19.5 Å². The second kappa shape index (κ2) is 10.4. The number of aliphatic imine (C=N–C) groups is 1. The number of rotatable bonds is 5. The van der Waals surface area contributed by atoms with Gasteiger partial charge in [0, 0.05) is 49.5 Å². The number of amides is 2. The van der Waals surface area contributed by atoms with E-state index < -0.39 is 11.7 Å². The van der Waals surface area contributed by atoms with E-state index in [0.717, 1.165) is 37.3 Å². The lowest BCUT2D eigenvalue weighted by molar-refractivity contribution is -0.132. The third-order valence-electron chi connectivity index (χ3n) is 7.61. The summed E-state index contributed by atoms with van der Waals surface area (Å²) in [4.78, 5) is 47.2. The Morgan fingerprint density at radius 2 is 1.75 bits per heavy atom. The molecule has 4 aromatic rings. The minimum atomic E-state index is -0.696. The number of benzene rings is 3. The molecule has 0 radical (unpaired) electrons.